The fourth-order valence-electron chi connectivity index (χ4n) is 1.98. The van der Waals surface area contributed by atoms with Crippen LogP contribution in [0.3, 0.4) is 0 Å². The molecule has 2 aromatic rings. The minimum atomic E-state index is -0.504. The van der Waals surface area contributed by atoms with Crippen molar-refractivity contribution in [3.8, 4) is 17.3 Å². The van der Waals surface area contributed by atoms with Crippen LogP contribution in [0.4, 0.5) is 0 Å². The third-order valence-electron chi connectivity index (χ3n) is 3.42. The van der Waals surface area contributed by atoms with Crippen LogP contribution in [-0.2, 0) is 4.79 Å². The van der Waals surface area contributed by atoms with E-state index in [0.717, 1.165) is 18.2 Å². The van der Waals surface area contributed by atoms with Crippen molar-refractivity contribution >= 4 is 17.7 Å². The molecule has 1 aromatic heterocycles. The van der Waals surface area contributed by atoms with Crippen molar-refractivity contribution in [2.45, 2.75) is 31.5 Å². The summed E-state index contributed by atoms with van der Waals surface area (Å²) in [6.45, 7) is 3.92. The van der Waals surface area contributed by atoms with Crippen molar-refractivity contribution in [2.24, 2.45) is 0 Å². The van der Waals surface area contributed by atoms with Crippen molar-refractivity contribution in [3.05, 3.63) is 46.2 Å². The van der Waals surface area contributed by atoms with Gasteiger partial charge < -0.3 is 10.3 Å². The maximum atomic E-state index is 12.1. The van der Waals surface area contributed by atoms with Gasteiger partial charge in [-0.05, 0) is 13.3 Å². The monoisotopic (exact) mass is 342 g/mol. The lowest BCUT2D eigenvalue weighted by Gasteiger charge is -2.11. The quantitative estimate of drug-likeness (QED) is 0.620. The van der Waals surface area contributed by atoms with Gasteiger partial charge in [0.25, 0.3) is 5.56 Å². The Morgan fingerprint density at radius 1 is 1.42 bits per heavy atom. The number of nitriles is 1. The summed E-state index contributed by atoms with van der Waals surface area (Å²) in [6.07, 6.45) is 0.848. The van der Waals surface area contributed by atoms with E-state index in [1.54, 1.807) is 12.1 Å². The largest absolute Gasteiger partial charge is 0.353 e. The van der Waals surface area contributed by atoms with Gasteiger partial charge in [0.15, 0.2) is 5.16 Å². The summed E-state index contributed by atoms with van der Waals surface area (Å²) in [6, 6.07) is 11.0. The Morgan fingerprint density at radius 2 is 2.12 bits per heavy atom. The number of nitrogens with zero attached hydrogens (tertiary/aromatic N) is 2. The van der Waals surface area contributed by atoms with Crippen LogP contribution in [0.25, 0.3) is 11.3 Å². The zero-order valence-electron chi connectivity index (χ0n) is 13.5. The van der Waals surface area contributed by atoms with E-state index in [9.17, 15) is 14.9 Å². The van der Waals surface area contributed by atoms with Crippen molar-refractivity contribution in [3.63, 3.8) is 0 Å². The lowest BCUT2D eigenvalue weighted by molar-refractivity contribution is -0.119. The molecule has 6 nitrogen and oxygen atoms in total. The molecule has 1 heterocycles. The number of benzene rings is 1. The average Bonchev–Trinajstić information content (AvgIpc) is 2.60. The van der Waals surface area contributed by atoms with Gasteiger partial charge >= 0.3 is 0 Å². The Hall–Kier alpha value is -2.59. The van der Waals surface area contributed by atoms with E-state index >= 15 is 0 Å². The number of thioether (sulfide) groups is 1. The van der Waals surface area contributed by atoms with E-state index in [2.05, 4.69) is 15.3 Å². The molecule has 0 radical (unpaired) electrons. The zero-order chi connectivity index (χ0) is 17.5. The standard InChI is InChI=1S/C17H18N4O2S/c1-3-11(2)19-14(22)10-24-17-20-15(12-7-5-4-6-8-12)13(9-18)16(23)21-17/h4-8,11H,3,10H2,1-2H3,(H,19,22)(H,20,21,23). The molecule has 0 saturated carbocycles. The number of rotatable bonds is 6. The second-order valence-electron chi connectivity index (χ2n) is 5.24. The van der Waals surface area contributed by atoms with Gasteiger partial charge in [0, 0.05) is 11.6 Å². The molecule has 0 aliphatic heterocycles. The molecule has 0 fully saturated rings. The molecule has 0 saturated heterocycles. The fraction of sp³-hybridized carbons (Fsp3) is 0.294. The van der Waals surface area contributed by atoms with E-state index in [1.807, 2.05) is 38.1 Å². The highest BCUT2D eigenvalue weighted by atomic mass is 32.2. The zero-order valence-corrected chi connectivity index (χ0v) is 14.3. The number of H-pyrrole nitrogens is 1. The summed E-state index contributed by atoms with van der Waals surface area (Å²) in [5, 5.41) is 12.4. The second kappa shape index (κ2) is 8.31. The number of aromatic nitrogens is 2. The number of nitrogens with one attached hydrogen (secondary N) is 2. The number of carbonyl (C=O) groups excluding carboxylic acids is 1. The number of hydrogen-bond donors (Lipinski definition) is 2. The van der Waals surface area contributed by atoms with Gasteiger partial charge in [0.2, 0.25) is 5.91 Å². The SMILES string of the molecule is CCC(C)NC(=O)CSc1nc(-c2ccccc2)c(C#N)c(=O)[nH]1. The molecule has 1 amide bonds. The highest BCUT2D eigenvalue weighted by Gasteiger charge is 2.14. The van der Waals surface area contributed by atoms with E-state index in [-0.39, 0.29) is 23.3 Å². The van der Waals surface area contributed by atoms with E-state index < -0.39 is 5.56 Å². The van der Waals surface area contributed by atoms with E-state index in [0.29, 0.717) is 16.4 Å². The number of hydrogen-bond acceptors (Lipinski definition) is 5. The smallest absolute Gasteiger partial charge is 0.270 e. The summed E-state index contributed by atoms with van der Waals surface area (Å²) >= 11 is 1.14. The van der Waals surface area contributed by atoms with Crippen molar-refractivity contribution in [2.75, 3.05) is 5.75 Å². The molecule has 7 heteroatoms. The van der Waals surface area contributed by atoms with Gasteiger partial charge in [-0.1, -0.05) is 49.0 Å². The fourth-order valence-corrected chi connectivity index (χ4v) is 2.65. The molecule has 1 aromatic carbocycles. The lowest BCUT2D eigenvalue weighted by atomic mass is 10.1. The van der Waals surface area contributed by atoms with Crippen LogP contribution in [0.15, 0.2) is 40.3 Å². The summed E-state index contributed by atoms with van der Waals surface area (Å²) < 4.78 is 0. The molecule has 24 heavy (non-hydrogen) atoms. The Balaban J connectivity index is 2.24. The predicted octanol–water partition coefficient (Wildman–Crippen LogP) is 2.32. The summed E-state index contributed by atoms with van der Waals surface area (Å²) in [7, 11) is 0. The van der Waals surface area contributed by atoms with Gasteiger partial charge in [-0.3, -0.25) is 9.59 Å². The van der Waals surface area contributed by atoms with Crippen LogP contribution < -0.4 is 10.9 Å². The van der Waals surface area contributed by atoms with E-state index in [4.69, 9.17) is 0 Å². The number of carbonyl (C=O) groups is 1. The van der Waals surface area contributed by atoms with Gasteiger partial charge in [0.05, 0.1) is 11.4 Å². The minimum Gasteiger partial charge on any atom is -0.353 e. The normalized spacial score (nSPS) is 11.5. The Kier molecular flexibility index (Phi) is 6.15. The van der Waals surface area contributed by atoms with Crippen LogP contribution in [0.1, 0.15) is 25.8 Å². The number of aromatic amines is 1. The Morgan fingerprint density at radius 3 is 2.75 bits per heavy atom. The molecule has 0 aliphatic rings. The molecule has 1 atom stereocenters. The second-order valence-corrected chi connectivity index (χ2v) is 6.20. The Labute approximate surface area is 144 Å². The molecule has 2 N–H and O–H groups in total. The Bertz CT molecular complexity index is 812. The topological polar surface area (TPSA) is 98.6 Å². The van der Waals surface area contributed by atoms with Crippen LogP contribution in [0.2, 0.25) is 0 Å². The molecular formula is C17H18N4O2S. The van der Waals surface area contributed by atoms with Crippen molar-refractivity contribution in [1.29, 1.82) is 5.26 Å². The van der Waals surface area contributed by atoms with Gasteiger partial charge in [-0.2, -0.15) is 5.26 Å². The summed E-state index contributed by atoms with van der Waals surface area (Å²) in [5.74, 6) is 0.0237. The van der Waals surface area contributed by atoms with Gasteiger partial charge in [-0.15, -0.1) is 0 Å². The van der Waals surface area contributed by atoms with Crippen LogP contribution in [0, 0.1) is 11.3 Å². The third kappa shape index (κ3) is 4.46. The highest BCUT2D eigenvalue weighted by Crippen LogP contribution is 2.21. The first-order valence-electron chi connectivity index (χ1n) is 7.57. The van der Waals surface area contributed by atoms with Gasteiger partial charge in [0.1, 0.15) is 11.6 Å². The highest BCUT2D eigenvalue weighted by molar-refractivity contribution is 7.99. The molecule has 0 bridgehead atoms. The molecule has 124 valence electrons. The average molecular weight is 342 g/mol. The van der Waals surface area contributed by atoms with Crippen LogP contribution in [-0.4, -0.2) is 27.7 Å². The van der Waals surface area contributed by atoms with Crippen molar-refractivity contribution in [1.82, 2.24) is 15.3 Å². The first-order valence-corrected chi connectivity index (χ1v) is 8.55. The molecule has 0 spiro atoms. The van der Waals surface area contributed by atoms with Crippen molar-refractivity contribution < 1.29 is 4.79 Å². The molecule has 2 rings (SSSR count). The predicted molar refractivity (Wildman–Crippen MR) is 93.6 cm³/mol. The van der Waals surface area contributed by atoms with Gasteiger partial charge in [-0.25, -0.2) is 4.98 Å². The van der Waals surface area contributed by atoms with Crippen LogP contribution in [0.5, 0.6) is 0 Å². The number of amides is 1. The molecule has 1 unspecified atom stereocenters. The minimum absolute atomic E-state index is 0.0328. The first-order chi connectivity index (χ1) is 11.5. The van der Waals surface area contributed by atoms with E-state index in [1.165, 1.54) is 0 Å². The van der Waals surface area contributed by atoms with Crippen LogP contribution >= 0.6 is 11.8 Å². The summed E-state index contributed by atoms with van der Waals surface area (Å²) in [4.78, 5) is 30.9. The first kappa shape index (κ1) is 17.8. The maximum absolute atomic E-state index is 12.1. The summed E-state index contributed by atoms with van der Waals surface area (Å²) in [5.41, 5.74) is 0.475. The third-order valence-corrected chi connectivity index (χ3v) is 4.29. The maximum Gasteiger partial charge on any atom is 0.270 e. The molecule has 0 aliphatic carbocycles. The molecular weight excluding hydrogens is 324 g/mol. The lowest BCUT2D eigenvalue weighted by Crippen LogP contribution is -2.33.